The van der Waals surface area contributed by atoms with Crippen LogP contribution in [0.1, 0.15) is 34.6 Å². The highest BCUT2D eigenvalue weighted by molar-refractivity contribution is 5.42. The van der Waals surface area contributed by atoms with Crippen molar-refractivity contribution in [3.63, 3.8) is 0 Å². The summed E-state index contributed by atoms with van der Waals surface area (Å²) in [6, 6.07) is 0. The lowest BCUT2D eigenvalue weighted by Gasteiger charge is -1.95. The second kappa shape index (κ2) is 29.3. The van der Waals surface area contributed by atoms with Crippen molar-refractivity contribution in [2.24, 2.45) is 0 Å². The molecule has 0 rings (SSSR count). The van der Waals surface area contributed by atoms with Gasteiger partial charge in [-0.05, 0) is 18.1 Å². The van der Waals surface area contributed by atoms with Crippen LogP contribution in [0.4, 0.5) is 0 Å². The van der Waals surface area contributed by atoms with Gasteiger partial charge in [0.15, 0.2) is 0 Å². The first-order valence-electron chi connectivity index (χ1n) is 6.02. The summed E-state index contributed by atoms with van der Waals surface area (Å²) in [5.74, 6) is 0. The lowest BCUT2D eigenvalue weighted by molar-refractivity contribution is 1.50. The standard InChI is InChI=1S/C11H14.2C2H6.C2H4/c1-5-7-9-11(4)10(3)8-6-2;3*1-2/h5-9H,1,3-4H2,2H3;2*1-2H3;1-2H2/b8-6-,9-7-;;;. The Morgan fingerprint density at radius 2 is 1.18 bits per heavy atom. The maximum Gasteiger partial charge on any atom is -0.0262 e. The number of hydrogen-bond donors (Lipinski definition) is 0. The molecule has 0 saturated heterocycles. The molecule has 0 unspecified atom stereocenters. The fourth-order valence-electron chi connectivity index (χ4n) is 0.599. The molecule has 17 heavy (non-hydrogen) atoms. The zero-order chi connectivity index (χ0) is 14.7. The van der Waals surface area contributed by atoms with Gasteiger partial charge in [0.25, 0.3) is 0 Å². The van der Waals surface area contributed by atoms with E-state index in [1.54, 1.807) is 6.08 Å². The van der Waals surface area contributed by atoms with Gasteiger partial charge in [-0.3, -0.25) is 0 Å². The van der Waals surface area contributed by atoms with Crippen molar-refractivity contribution in [3.8, 4) is 0 Å². The maximum atomic E-state index is 3.83. The van der Waals surface area contributed by atoms with Crippen LogP contribution in [-0.4, -0.2) is 0 Å². The quantitative estimate of drug-likeness (QED) is 0.397. The van der Waals surface area contributed by atoms with Crippen LogP contribution in [0.25, 0.3) is 0 Å². The van der Waals surface area contributed by atoms with E-state index in [-0.39, 0.29) is 0 Å². The predicted octanol–water partition coefficient (Wildman–Crippen LogP) is 6.27. The topological polar surface area (TPSA) is 0 Å². The molecule has 0 spiro atoms. The molecule has 0 aliphatic heterocycles. The first kappa shape index (κ1) is 24.6. The average molecular weight is 234 g/mol. The molecule has 0 radical (unpaired) electrons. The molecule has 0 aliphatic rings. The van der Waals surface area contributed by atoms with Crippen LogP contribution in [0.5, 0.6) is 0 Å². The molecule has 0 bridgehead atoms. The molecule has 0 saturated carbocycles. The third kappa shape index (κ3) is 25.1. The average Bonchev–Trinajstić information content (AvgIpc) is 2.43. The summed E-state index contributed by atoms with van der Waals surface area (Å²) >= 11 is 0. The second-order valence-corrected chi connectivity index (χ2v) is 2.15. The van der Waals surface area contributed by atoms with E-state index in [9.17, 15) is 0 Å². The second-order valence-electron chi connectivity index (χ2n) is 2.15. The third-order valence-electron chi connectivity index (χ3n) is 1.21. The largest absolute Gasteiger partial charge is 0.106 e. The highest BCUT2D eigenvalue weighted by atomic mass is 13.9. The molecule has 0 amide bonds. The van der Waals surface area contributed by atoms with Gasteiger partial charge in [0.2, 0.25) is 0 Å². The lowest BCUT2D eigenvalue weighted by atomic mass is 10.1. The van der Waals surface area contributed by atoms with Gasteiger partial charge in [-0.1, -0.05) is 77.8 Å². The van der Waals surface area contributed by atoms with Crippen LogP contribution in [0.2, 0.25) is 0 Å². The van der Waals surface area contributed by atoms with Crippen molar-refractivity contribution in [2.45, 2.75) is 34.6 Å². The van der Waals surface area contributed by atoms with Gasteiger partial charge in [-0.25, -0.2) is 0 Å². The van der Waals surface area contributed by atoms with Crippen molar-refractivity contribution >= 4 is 0 Å². The molecule has 98 valence electrons. The third-order valence-corrected chi connectivity index (χ3v) is 1.21. The minimum absolute atomic E-state index is 0.919. The lowest BCUT2D eigenvalue weighted by Crippen LogP contribution is -1.76. The smallest absolute Gasteiger partial charge is 0.0262 e. The van der Waals surface area contributed by atoms with E-state index in [1.165, 1.54) is 0 Å². The van der Waals surface area contributed by atoms with E-state index in [4.69, 9.17) is 0 Å². The van der Waals surface area contributed by atoms with Gasteiger partial charge in [-0.2, -0.15) is 0 Å². The number of rotatable bonds is 4. The fourth-order valence-corrected chi connectivity index (χ4v) is 0.599. The van der Waals surface area contributed by atoms with Crippen LogP contribution >= 0.6 is 0 Å². The van der Waals surface area contributed by atoms with Gasteiger partial charge < -0.3 is 0 Å². The summed E-state index contributed by atoms with van der Waals surface area (Å²) in [7, 11) is 0. The Morgan fingerprint density at radius 1 is 0.824 bits per heavy atom. The van der Waals surface area contributed by atoms with E-state index in [0.717, 1.165) is 11.1 Å². The summed E-state index contributed by atoms with van der Waals surface area (Å²) in [5, 5.41) is 0. The molecule has 0 fully saturated rings. The molecule has 0 heterocycles. The molecule has 0 N–H and O–H groups in total. The molecular formula is C17H30. The van der Waals surface area contributed by atoms with Crippen molar-refractivity contribution in [3.05, 3.63) is 74.4 Å². The zero-order valence-electron chi connectivity index (χ0n) is 12.4. The summed E-state index contributed by atoms with van der Waals surface area (Å²) < 4.78 is 0. The van der Waals surface area contributed by atoms with Crippen LogP contribution in [-0.2, 0) is 0 Å². The van der Waals surface area contributed by atoms with Crippen LogP contribution in [0.15, 0.2) is 74.4 Å². The molecule has 0 aromatic carbocycles. The monoisotopic (exact) mass is 234 g/mol. The summed E-state index contributed by atoms with van der Waals surface area (Å²) in [6.07, 6.45) is 9.31. The summed E-state index contributed by atoms with van der Waals surface area (Å²) in [5.41, 5.74) is 1.86. The van der Waals surface area contributed by atoms with Crippen molar-refractivity contribution < 1.29 is 0 Å². The van der Waals surface area contributed by atoms with Gasteiger partial charge in [-0.15, -0.1) is 13.2 Å². The van der Waals surface area contributed by atoms with Gasteiger partial charge in [0.1, 0.15) is 0 Å². The molecule has 0 aromatic rings. The molecule has 0 heteroatoms. The van der Waals surface area contributed by atoms with E-state index in [1.807, 2.05) is 58.9 Å². The Hall–Kier alpha value is -1.56. The Balaban J connectivity index is -0.000000121. The van der Waals surface area contributed by atoms with E-state index < -0.39 is 0 Å². The Kier molecular flexibility index (Phi) is 42.4. The van der Waals surface area contributed by atoms with Crippen LogP contribution in [0.3, 0.4) is 0 Å². The van der Waals surface area contributed by atoms with Gasteiger partial charge in [0, 0.05) is 0 Å². The number of allylic oxidation sites excluding steroid dienone is 7. The summed E-state index contributed by atoms with van der Waals surface area (Å²) in [4.78, 5) is 0. The first-order valence-corrected chi connectivity index (χ1v) is 6.02. The fraction of sp³-hybridized carbons (Fsp3) is 0.294. The normalized spacial score (nSPS) is 7.82. The van der Waals surface area contributed by atoms with Crippen LogP contribution in [0, 0.1) is 0 Å². The zero-order valence-corrected chi connectivity index (χ0v) is 12.4. The van der Waals surface area contributed by atoms with E-state index in [0.29, 0.717) is 0 Å². The van der Waals surface area contributed by atoms with Gasteiger partial charge >= 0.3 is 0 Å². The van der Waals surface area contributed by atoms with Crippen molar-refractivity contribution in [1.29, 1.82) is 0 Å². The minimum atomic E-state index is 0.919. The highest BCUT2D eigenvalue weighted by Gasteiger charge is 1.87. The maximum absolute atomic E-state index is 3.83. The van der Waals surface area contributed by atoms with Gasteiger partial charge in [0.05, 0.1) is 0 Å². The number of hydrogen-bond acceptors (Lipinski definition) is 0. The highest BCUT2D eigenvalue weighted by Crippen LogP contribution is 2.07. The molecule has 0 atom stereocenters. The van der Waals surface area contributed by atoms with E-state index >= 15 is 0 Å². The molecule has 0 aliphatic carbocycles. The Labute approximate surface area is 109 Å². The molecular weight excluding hydrogens is 204 g/mol. The minimum Gasteiger partial charge on any atom is -0.106 e. The SMILES string of the molecule is C=C.C=C/C=C\C(=C)C(=C)/C=C\C.CC.CC. The predicted molar refractivity (Wildman–Crippen MR) is 86.4 cm³/mol. The van der Waals surface area contributed by atoms with Crippen molar-refractivity contribution in [1.82, 2.24) is 0 Å². The first-order chi connectivity index (χ1) is 8.22. The Bertz CT molecular complexity index is 226. The molecule has 0 nitrogen and oxygen atoms in total. The Morgan fingerprint density at radius 3 is 1.47 bits per heavy atom. The molecule has 0 aromatic heterocycles. The van der Waals surface area contributed by atoms with Crippen LogP contribution < -0.4 is 0 Å². The summed E-state index contributed by atoms with van der Waals surface area (Å²) in [6.45, 7) is 27.2. The van der Waals surface area contributed by atoms with E-state index in [2.05, 4.69) is 32.9 Å². The van der Waals surface area contributed by atoms with Crippen molar-refractivity contribution in [2.75, 3.05) is 0 Å².